The molecule has 15 heteroatoms. The van der Waals surface area contributed by atoms with Crippen molar-refractivity contribution in [3.05, 3.63) is 52.9 Å². The van der Waals surface area contributed by atoms with Gasteiger partial charge in [-0.3, -0.25) is 9.59 Å². The lowest BCUT2D eigenvalue weighted by atomic mass is 9.83. The normalized spacial score (nSPS) is 18.4. The van der Waals surface area contributed by atoms with Crippen LogP contribution in [-0.4, -0.2) is 58.5 Å². The van der Waals surface area contributed by atoms with Gasteiger partial charge in [-0.25, -0.2) is 19.8 Å². The van der Waals surface area contributed by atoms with Crippen LogP contribution in [0.3, 0.4) is 0 Å². The van der Waals surface area contributed by atoms with E-state index in [4.69, 9.17) is 9.47 Å². The predicted octanol–water partition coefficient (Wildman–Crippen LogP) is 5.16. The van der Waals surface area contributed by atoms with Crippen LogP contribution >= 0.6 is 0 Å². The quantitative estimate of drug-likeness (QED) is 0.253. The van der Waals surface area contributed by atoms with Crippen molar-refractivity contribution in [2.24, 2.45) is 21.5 Å². The molecule has 234 valence electrons. The van der Waals surface area contributed by atoms with Gasteiger partial charge in [-0.15, -0.1) is 0 Å². The van der Waals surface area contributed by atoms with Crippen LogP contribution in [0.1, 0.15) is 57.0 Å². The van der Waals surface area contributed by atoms with Gasteiger partial charge in [0.2, 0.25) is 17.5 Å². The smallest absolute Gasteiger partial charge is 0.449 e. The zero-order valence-electron chi connectivity index (χ0n) is 24.2. The summed E-state index contributed by atoms with van der Waals surface area (Å²) in [5.74, 6) is -4.71. The van der Waals surface area contributed by atoms with Crippen molar-refractivity contribution in [2.45, 2.75) is 46.2 Å². The van der Waals surface area contributed by atoms with Gasteiger partial charge in [0, 0.05) is 30.0 Å². The Kier molecular flexibility index (Phi) is 8.07. The lowest BCUT2D eigenvalue weighted by molar-refractivity contribution is -0.144. The third-order valence-electron chi connectivity index (χ3n) is 7.54. The third-order valence-corrected chi connectivity index (χ3v) is 7.54. The summed E-state index contributed by atoms with van der Waals surface area (Å²) in [6.07, 6.45) is -3.88. The Morgan fingerprint density at radius 3 is 2.43 bits per heavy atom. The van der Waals surface area contributed by atoms with Crippen LogP contribution in [0.4, 0.5) is 22.0 Å². The van der Waals surface area contributed by atoms with Crippen LogP contribution in [0.25, 0.3) is 11.0 Å². The van der Waals surface area contributed by atoms with Gasteiger partial charge in [0.15, 0.2) is 11.6 Å². The SMILES string of the molecule is COc1ccc(C2=NN(CCCCOc3ccc(C4=NNC(=O)CC4C)c(F)c3F)C(=O)C2(C)C)c2nc(C(F)(F)F)[nH]c12. The second-order valence-electron chi connectivity index (χ2n) is 11.1. The van der Waals surface area contributed by atoms with Crippen LogP contribution < -0.4 is 14.9 Å². The molecule has 0 spiro atoms. The highest BCUT2D eigenvalue weighted by atomic mass is 19.4. The van der Waals surface area contributed by atoms with Gasteiger partial charge in [-0.2, -0.15) is 27.8 Å². The molecule has 3 heterocycles. The van der Waals surface area contributed by atoms with Crippen LogP contribution in [0, 0.1) is 23.0 Å². The molecule has 0 aliphatic carbocycles. The number of carbonyl (C=O) groups excluding carboxylic acids is 2. The molecule has 10 nitrogen and oxygen atoms in total. The molecule has 2 aliphatic heterocycles. The number of hydrogen-bond acceptors (Lipinski definition) is 7. The summed E-state index contributed by atoms with van der Waals surface area (Å²) in [7, 11) is 1.32. The number of methoxy groups -OCH3 is 1. The lowest BCUT2D eigenvalue weighted by Gasteiger charge is -2.20. The fraction of sp³-hybridized carbons (Fsp3) is 0.414. The highest BCUT2D eigenvalue weighted by molar-refractivity contribution is 6.23. The summed E-state index contributed by atoms with van der Waals surface area (Å²) in [5, 5.41) is 9.55. The van der Waals surface area contributed by atoms with E-state index in [2.05, 4.69) is 25.6 Å². The number of amides is 2. The Bertz CT molecular complexity index is 1700. The largest absolute Gasteiger partial charge is 0.494 e. The monoisotopic (exact) mass is 620 g/mol. The first-order valence-electron chi connectivity index (χ1n) is 13.8. The number of hydrazone groups is 2. The molecule has 44 heavy (non-hydrogen) atoms. The molecule has 1 atom stereocenters. The van der Waals surface area contributed by atoms with Crippen LogP contribution in [-0.2, 0) is 15.8 Å². The third kappa shape index (κ3) is 5.57. The molecule has 0 fully saturated rings. The lowest BCUT2D eigenvalue weighted by Crippen LogP contribution is -2.35. The maximum absolute atomic E-state index is 14.8. The summed E-state index contributed by atoms with van der Waals surface area (Å²) in [6, 6.07) is 5.63. The molecule has 0 radical (unpaired) electrons. The van der Waals surface area contributed by atoms with Gasteiger partial charge in [-0.1, -0.05) is 6.92 Å². The second-order valence-corrected chi connectivity index (χ2v) is 11.1. The zero-order valence-corrected chi connectivity index (χ0v) is 24.2. The fourth-order valence-corrected chi connectivity index (χ4v) is 5.19. The first kappa shape index (κ1) is 30.9. The molecule has 5 rings (SSSR count). The number of fused-ring (bicyclic) bond motifs is 1. The standard InChI is InChI=1S/C29H29F5N6O4/c1-14-13-19(41)37-38-22(14)15-7-9-17(21(31)20(15)30)44-12-6-5-11-40-27(42)28(2,3)25(39-40)16-8-10-18(43-4)24-23(16)35-26(36-24)29(32,33)34/h7-10,14H,5-6,11-13H2,1-4H3,(H,35,36)(H,37,41). The summed E-state index contributed by atoms with van der Waals surface area (Å²) in [5.41, 5.74) is 1.79. The Hall–Kier alpha value is -4.56. The second kappa shape index (κ2) is 11.5. The van der Waals surface area contributed by atoms with E-state index in [1.165, 1.54) is 36.4 Å². The first-order chi connectivity index (χ1) is 20.7. The Labute approximate surface area is 248 Å². The minimum Gasteiger partial charge on any atom is -0.494 e. The molecular formula is C29H29F5N6O4. The molecule has 0 bridgehead atoms. The van der Waals surface area contributed by atoms with Gasteiger partial charge < -0.3 is 14.5 Å². The summed E-state index contributed by atoms with van der Waals surface area (Å²) in [4.78, 5) is 30.7. The number of hydrogen-bond donors (Lipinski definition) is 2. The highest BCUT2D eigenvalue weighted by Gasteiger charge is 2.45. The molecule has 0 saturated carbocycles. The van der Waals surface area contributed by atoms with Crippen molar-refractivity contribution < 1.29 is 41.0 Å². The van der Waals surface area contributed by atoms with Crippen molar-refractivity contribution in [2.75, 3.05) is 20.3 Å². The van der Waals surface area contributed by atoms with Crippen molar-refractivity contribution in [3.63, 3.8) is 0 Å². The number of ether oxygens (including phenoxy) is 2. The highest BCUT2D eigenvalue weighted by Crippen LogP contribution is 2.38. The number of unbranched alkanes of at least 4 members (excludes halogenated alkanes) is 1. The predicted molar refractivity (Wildman–Crippen MR) is 149 cm³/mol. The number of rotatable bonds is 9. The number of benzene rings is 2. The minimum atomic E-state index is -4.73. The van der Waals surface area contributed by atoms with Gasteiger partial charge in [0.25, 0.3) is 5.91 Å². The number of imidazole rings is 1. The molecule has 2 aliphatic rings. The van der Waals surface area contributed by atoms with Crippen molar-refractivity contribution in [1.82, 2.24) is 20.4 Å². The minimum absolute atomic E-state index is 0.0116. The van der Waals surface area contributed by atoms with Gasteiger partial charge in [-0.05, 0) is 51.0 Å². The Balaban J connectivity index is 1.26. The maximum atomic E-state index is 14.8. The average molecular weight is 621 g/mol. The van der Waals surface area contributed by atoms with E-state index in [0.717, 1.165) is 0 Å². The molecule has 1 aromatic heterocycles. The van der Waals surface area contributed by atoms with Gasteiger partial charge >= 0.3 is 6.18 Å². The molecule has 0 saturated heterocycles. The molecule has 2 N–H and O–H groups in total. The van der Waals surface area contributed by atoms with E-state index in [9.17, 15) is 31.5 Å². The molecular weight excluding hydrogens is 591 g/mol. The molecule has 2 amide bonds. The number of halogens is 5. The van der Waals surface area contributed by atoms with E-state index in [0.29, 0.717) is 12.8 Å². The molecule has 3 aromatic rings. The number of nitrogens with one attached hydrogen (secondary N) is 2. The van der Waals surface area contributed by atoms with Crippen LogP contribution in [0.5, 0.6) is 11.5 Å². The van der Waals surface area contributed by atoms with Crippen LogP contribution in [0.2, 0.25) is 0 Å². The zero-order chi connectivity index (χ0) is 32.0. The Morgan fingerprint density at radius 2 is 1.75 bits per heavy atom. The van der Waals surface area contributed by atoms with Gasteiger partial charge in [0.1, 0.15) is 16.8 Å². The van der Waals surface area contributed by atoms with Gasteiger partial charge in [0.05, 0.1) is 30.6 Å². The topological polar surface area (TPSA) is 121 Å². The van der Waals surface area contributed by atoms with Crippen molar-refractivity contribution in [1.29, 1.82) is 0 Å². The number of aromatic nitrogens is 2. The average Bonchev–Trinajstić information content (AvgIpc) is 3.51. The number of aromatic amines is 1. The number of carbonyl (C=O) groups is 2. The summed E-state index contributed by atoms with van der Waals surface area (Å²) >= 11 is 0. The Morgan fingerprint density at radius 1 is 1.05 bits per heavy atom. The maximum Gasteiger partial charge on any atom is 0.449 e. The van der Waals surface area contributed by atoms with E-state index in [-0.39, 0.29) is 76.5 Å². The van der Waals surface area contributed by atoms with Crippen molar-refractivity contribution >= 4 is 34.3 Å². The van der Waals surface area contributed by atoms with E-state index >= 15 is 0 Å². The van der Waals surface area contributed by atoms with Crippen molar-refractivity contribution in [3.8, 4) is 11.5 Å². The number of alkyl halides is 3. The summed E-state index contributed by atoms with van der Waals surface area (Å²) < 4.78 is 80.5. The molecule has 2 aromatic carbocycles. The summed E-state index contributed by atoms with van der Waals surface area (Å²) in [6.45, 7) is 5.11. The number of nitrogens with zero attached hydrogens (tertiary/aromatic N) is 4. The van der Waals surface area contributed by atoms with E-state index in [1.807, 2.05) is 0 Å². The number of H-pyrrole nitrogens is 1. The van der Waals surface area contributed by atoms with E-state index in [1.54, 1.807) is 20.8 Å². The van der Waals surface area contributed by atoms with Crippen LogP contribution in [0.15, 0.2) is 34.5 Å². The molecule has 1 unspecified atom stereocenters. The van der Waals surface area contributed by atoms with E-state index < -0.39 is 35.0 Å². The fourth-order valence-electron chi connectivity index (χ4n) is 5.19. The first-order valence-corrected chi connectivity index (χ1v) is 13.8.